The van der Waals surface area contributed by atoms with Crippen LogP contribution in [0, 0.1) is 12.7 Å². The molecule has 144 valence electrons. The highest BCUT2D eigenvalue weighted by Gasteiger charge is 2.30. The average molecular weight is 370 g/mol. The summed E-state index contributed by atoms with van der Waals surface area (Å²) in [7, 11) is 0. The fourth-order valence-electron chi connectivity index (χ4n) is 4.28. The summed E-state index contributed by atoms with van der Waals surface area (Å²) in [6.45, 7) is 6.34. The van der Waals surface area contributed by atoms with Gasteiger partial charge in [-0.3, -0.25) is 9.48 Å². The second kappa shape index (κ2) is 7.80. The molecule has 6 heteroatoms. The maximum absolute atomic E-state index is 13.3. The summed E-state index contributed by atoms with van der Waals surface area (Å²) in [5.74, 6) is -0.159. The van der Waals surface area contributed by atoms with Gasteiger partial charge in [0.2, 0.25) is 5.91 Å². The smallest absolute Gasteiger partial charge is 0.227 e. The predicted molar refractivity (Wildman–Crippen MR) is 102 cm³/mol. The molecule has 4 rings (SSSR count). The van der Waals surface area contributed by atoms with Crippen molar-refractivity contribution in [1.82, 2.24) is 19.6 Å². The van der Waals surface area contributed by atoms with Gasteiger partial charge in [0.1, 0.15) is 5.82 Å². The fraction of sp³-hybridized carbons (Fsp3) is 0.524. The molecule has 1 atom stereocenters. The van der Waals surface area contributed by atoms with Crippen LogP contribution in [0.15, 0.2) is 30.5 Å². The minimum Gasteiger partial charge on any atom is -0.334 e. The number of aryl methyl sites for hydroxylation is 1. The zero-order valence-corrected chi connectivity index (χ0v) is 15.9. The van der Waals surface area contributed by atoms with Gasteiger partial charge < -0.3 is 9.80 Å². The molecule has 3 heterocycles. The van der Waals surface area contributed by atoms with Gasteiger partial charge in [0.25, 0.3) is 0 Å². The number of rotatable bonds is 4. The number of nitrogens with zero attached hydrogens (tertiary/aromatic N) is 4. The zero-order valence-electron chi connectivity index (χ0n) is 15.9. The maximum atomic E-state index is 13.3. The third-order valence-electron chi connectivity index (χ3n) is 5.80. The van der Waals surface area contributed by atoms with Crippen molar-refractivity contribution < 1.29 is 9.18 Å². The summed E-state index contributed by atoms with van der Waals surface area (Å²) >= 11 is 0. The lowest BCUT2D eigenvalue weighted by Crippen LogP contribution is -2.46. The monoisotopic (exact) mass is 370 g/mol. The summed E-state index contributed by atoms with van der Waals surface area (Å²) < 4.78 is 15.4. The molecule has 5 nitrogen and oxygen atoms in total. The number of aromatic nitrogens is 2. The van der Waals surface area contributed by atoms with Gasteiger partial charge in [-0.2, -0.15) is 5.10 Å². The summed E-state index contributed by atoms with van der Waals surface area (Å²) in [6.07, 6.45) is 5.97. The number of hydrogen-bond acceptors (Lipinski definition) is 3. The number of likely N-dealkylation sites (tertiary alicyclic amines) is 1. The lowest BCUT2D eigenvalue weighted by atomic mass is 10.0. The van der Waals surface area contributed by atoms with Crippen molar-refractivity contribution in [3.05, 3.63) is 53.1 Å². The van der Waals surface area contributed by atoms with E-state index in [4.69, 9.17) is 0 Å². The maximum Gasteiger partial charge on any atom is 0.227 e. The van der Waals surface area contributed by atoms with Crippen molar-refractivity contribution in [2.24, 2.45) is 0 Å². The number of benzene rings is 1. The Balaban J connectivity index is 1.47. The standard InChI is InChI=1S/C21H27FN4O/c1-16-11-18(22)6-5-17(16)12-21(27)25-14-19-7-8-23-26(19)20(15-25)13-24-9-3-2-4-10-24/h5-8,11,20H,2-4,9-10,12-15H2,1H3. The van der Waals surface area contributed by atoms with Gasteiger partial charge in [-0.25, -0.2) is 4.39 Å². The number of halogens is 1. The largest absolute Gasteiger partial charge is 0.334 e. The van der Waals surface area contributed by atoms with Crippen LogP contribution in [0.1, 0.15) is 42.1 Å². The van der Waals surface area contributed by atoms with Gasteiger partial charge >= 0.3 is 0 Å². The number of hydrogen-bond donors (Lipinski definition) is 0. The summed E-state index contributed by atoms with van der Waals surface area (Å²) in [5, 5.41) is 4.52. The molecular weight excluding hydrogens is 343 g/mol. The first-order valence-corrected chi connectivity index (χ1v) is 9.88. The molecule has 0 aliphatic carbocycles. The highest BCUT2D eigenvalue weighted by Crippen LogP contribution is 2.24. The van der Waals surface area contributed by atoms with Crippen LogP contribution in [0.3, 0.4) is 0 Å². The van der Waals surface area contributed by atoms with Crippen LogP contribution >= 0.6 is 0 Å². The Morgan fingerprint density at radius 2 is 2.04 bits per heavy atom. The van der Waals surface area contributed by atoms with E-state index in [1.807, 2.05) is 24.1 Å². The normalized spacial score (nSPS) is 20.5. The summed E-state index contributed by atoms with van der Waals surface area (Å²) in [6, 6.07) is 6.85. The van der Waals surface area contributed by atoms with Crippen molar-refractivity contribution in [2.45, 2.75) is 45.2 Å². The van der Waals surface area contributed by atoms with Gasteiger partial charge in [0.15, 0.2) is 0 Å². The number of carbonyl (C=O) groups is 1. The molecule has 1 unspecified atom stereocenters. The summed E-state index contributed by atoms with van der Waals surface area (Å²) in [4.78, 5) is 17.4. The highest BCUT2D eigenvalue weighted by molar-refractivity contribution is 5.79. The number of piperidine rings is 1. The third-order valence-corrected chi connectivity index (χ3v) is 5.80. The molecule has 2 aromatic rings. The molecule has 0 bridgehead atoms. The molecule has 2 aliphatic heterocycles. The Bertz CT molecular complexity index is 812. The molecule has 1 amide bonds. The molecular formula is C21H27FN4O. The van der Waals surface area contributed by atoms with E-state index in [2.05, 4.69) is 14.7 Å². The number of fused-ring (bicyclic) bond motifs is 1. The first-order chi connectivity index (χ1) is 13.1. The van der Waals surface area contributed by atoms with E-state index in [0.717, 1.165) is 36.5 Å². The molecule has 0 spiro atoms. The highest BCUT2D eigenvalue weighted by atomic mass is 19.1. The minimum absolute atomic E-state index is 0.0980. The van der Waals surface area contributed by atoms with Crippen molar-refractivity contribution >= 4 is 5.91 Å². The van der Waals surface area contributed by atoms with E-state index in [1.165, 1.54) is 31.4 Å². The van der Waals surface area contributed by atoms with Crippen molar-refractivity contribution in [2.75, 3.05) is 26.2 Å². The van der Waals surface area contributed by atoms with Crippen molar-refractivity contribution in [3.8, 4) is 0 Å². The van der Waals surface area contributed by atoms with Crippen molar-refractivity contribution in [3.63, 3.8) is 0 Å². The van der Waals surface area contributed by atoms with Gasteiger partial charge in [-0.05, 0) is 62.2 Å². The van der Waals surface area contributed by atoms with Gasteiger partial charge in [-0.1, -0.05) is 12.5 Å². The van der Waals surface area contributed by atoms with Crippen LogP contribution in [-0.2, 0) is 17.8 Å². The van der Waals surface area contributed by atoms with Crippen LogP contribution in [0.5, 0.6) is 0 Å². The number of amides is 1. The molecule has 1 aromatic carbocycles. The quantitative estimate of drug-likeness (QED) is 0.831. The summed E-state index contributed by atoms with van der Waals surface area (Å²) in [5.41, 5.74) is 2.82. The average Bonchev–Trinajstić information content (AvgIpc) is 3.14. The molecule has 0 N–H and O–H groups in total. The lowest BCUT2D eigenvalue weighted by Gasteiger charge is -2.37. The Morgan fingerprint density at radius 3 is 2.81 bits per heavy atom. The van der Waals surface area contributed by atoms with Crippen LogP contribution in [0.2, 0.25) is 0 Å². The molecule has 0 radical (unpaired) electrons. The van der Waals surface area contributed by atoms with Gasteiger partial charge in [0, 0.05) is 19.3 Å². The Hall–Kier alpha value is -2.21. The second-order valence-corrected chi connectivity index (χ2v) is 7.80. The van der Waals surface area contributed by atoms with Crippen LogP contribution < -0.4 is 0 Å². The van der Waals surface area contributed by atoms with Gasteiger partial charge in [-0.15, -0.1) is 0 Å². The molecule has 1 saturated heterocycles. The van der Waals surface area contributed by atoms with Crippen LogP contribution in [0.25, 0.3) is 0 Å². The van der Waals surface area contributed by atoms with E-state index in [9.17, 15) is 9.18 Å². The van der Waals surface area contributed by atoms with Gasteiger partial charge in [0.05, 0.1) is 24.7 Å². The molecule has 1 aromatic heterocycles. The first-order valence-electron chi connectivity index (χ1n) is 9.88. The van der Waals surface area contributed by atoms with E-state index in [0.29, 0.717) is 19.5 Å². The molecule has 2 aliphatic rings. The second-order valence-electron chi connectivity index (χ2n) is 7.80. The van der Waals surface area contributed by atoms with Crippen LogP contribution in [-0.4, -0.2) is 51.7 Å². The topological polar surface area (TPSA) is 41.4 Å². The Kier molecular flexibility index (Phi) is 5.25. The predicted octanol–water partition coefficient (Wildman–Crippen LogP) is 2.94. The fourth-order valence-corrected chi connectivity index (χ4v) is 4.28. The van der Waals surface area contributed by atoms with Crippen molar-refractivity contribution in [1.29, 1.82) is 0 Å². The Labute approximate surface area is 159 Å². The van der Waals surface area contributed by atoms with Crippen LogP contribution in [0.4, 0.5) is 4.39 Å². The molecule has 1 fully saturated rings. The zero-order chi connectivity index (χ0) is 18.8. The lowest BCUT2D eigenvalue weighted by molar-refractivity contribution is -0.132. The minimum atomic E-state index is -0.257. The van der Waals surface area contributed by atoms with E-state index < -0.39 is 0 Å². The van der Waals surface area contributed by atoms with E-state index >= 15 is 0 Å². The van der Waals surface area contributed by atoms with E-state index in [-0.39, 0.29) is 17.8 Å². The molecule has 27 heavy (non-hydrogen) atoms. The SMILES string of the molecule is Cc1cc(F)ccc1CC(=O)N1Cc2ccnn2C(CN2CCCCC2)C1. The third kappa shape index (κ3) is 4.05. The molecule has 0 saturated carbocycles. The van der Waals surface area contributed by atoms with E-state index in [1.54, 1.807) is 6.07 Å². The first kappa shape index (κ1) is 18.2. The Morgan fingerprint density at radius 1 is 1.22 bits per heavy atom. The number of carbonyl (C=O) groups excluding carboxylic acids is 1.